The topological polar surface area (TPSA) is 115 Å². The first-order valence-corrected chi connectivity index (χ1v) is 8.42. The van der Waals surface area contributed by atoms with Crippen LogP contribution < -0.4 is 5.32 Å². The van der Waals surface area contributed by atoms with E-state index in [-0.39, 0.29) is 11.8 Å². The van der Waals surface area contributed by atoms with Crippen LogP contribution in [0, 0.1) is 6.92 Å². The Morgan fingerprint density at radius 2 is 2.12 bits per heavy atom. The van der Waals surface area contributed by atoms with Crippen molar-refractivity contribution in [1.82, 2.24) is 14.9 Å². The molecule has 1 aliphatic heterocycles. The summed E-state index contributed by atoms with van der Waals surface area (Å²) in [6, 6.07) is 5.69. The highest BCUT2D eigenvalue weighted by molar-refractivity contribution is 6.04. The third kappa shape index (κ3) is 3.74. The molecule has 26 heavy (non-hydrogen) atoms. The molecule has 0 aliphatic carbocycles. The first kappa shape index (κ1) is 17.7. The quantitative estimate of drug-likeness (QED) is 0.775. The number of piperidine rings is 1. The second kappa shape index (κ2) is 7.38. The molecule has 2 heterocycles. The number of amides is 2. The number of carbonyl (C=O) groups excluding carboxylic acids is 2. The maximum absolute atomic E-state index is 12.8. The molecular weight excluding hydrogens is 336 g/mol. The number of rotatable bonds is 4. The van der Waals surface area contributed by atoms with Crippen LogP contribution in [-0.4, -0.2) is 50.3 Å². The highest BCUT2D eigenvalue weighted by Gasteiger charge is 2.32. The Bertz CT molecular complexity index is 845. The molecule has 8 heteroatoms. The zero-order valence-corrected chi connectivity index (χ0v) is 14.4. The summed E-state index contributed by atoms with van der Waals surface area (Å²) in [7, 11) is 0. The molecule has 8 nitrogen and oxygen atoms in total. The molecule has 0 bridgehead atoms. The fourth-order valence-corrected chi connectivity index (χ4v) is 3.06. The Morgan fingerprint density at radius 3 is 2.81 bits per heavy atom. The summed E-state index contributed by atoms with van der Waals surface area (Å²) >= 11 is 0. The molecule has 2 aromatic rings. The molecule has 1 fully saturated rings. The Balaban J connectivity index is 1.77. The summed E-state index contributed by atoms with van der Waals surface area (Å²) in [5.74, 6) is -1.07. The van der Waals surface area contributed by atoms with E-state index in [1.807, 2.05) is 0 Å². The molecule has 3 N–H and O–H groups in total. The van der Waals surface area contributed by atoms with Crippen molar-refractivity contribution in [2.24, 2.45) is 0 Å². The minimum Gasteiger partial charge on any atom is -0.480 e. The third-order valence-electron chi connectivity index (χ3n) is 4.36. The van der Waals surface area contributed by atoms with Crippen LogP contribution in [0.3, 0.4) is 0 Å². The minimum atomic E-state index is -0.989. The van der Waals surface area contributed by atoms with Gasteiger partial charge in [0.15, 0.2) is 0 Å². The van der Waals surface area contributed by atoms with Gasteiger partial charge in [-0.05, 0) is 44.4 Å². The predicted molar refractivity (Wildman–Crippen MR) is 94.0 cm³/mol. The zero-order valence-electron chi connectivity index (χ0n) is 14.4. The number of hydrogen-bond acceptors (Lipinski definition) is 4. The molecule has 3 rings (SSSR count). The number of anilines is 1. The smallest absolute Gasteiger partial charge is 0.326 e. The summed E-state index contributed by atoms with van der Waals surface area (Å²) in [6.07, 6.45) is 3.47. The maximum Gasteiger partial charge on any atom is 0.326 e. The van der Waals surface area contributed by atoms with Crippen LogP contribution in [0.4, 0.5) is 5.69 Å². The maximum atomic E-state index is 12.8. The van der Waals surface area contributed by atoms with Gasteiger partial charge in [-0.1, -0.05) is 6.07 Å². The summed E-state index contributed by atoms with van der Waals surface area (Å²) in [5, 5.41) is 12.1. The van der Waals surface area contributed by atoms with Gasteiger partial charge >= 0.3 is 5.97 Å². The van der Waals surface area contributed by atoms with Gasteiger partial charge in [0.25, 0.3) is 11.8 Å². The van der Waals surface area contributed by atoms with E-state index in [0.29, 0.717) is 35.7 Å². The van der Waals surface area contributed by atoms with Crippen LogP contribution in [0.2, 0.25) is 0 Å². The molecule has 1 aliphatic rings. The SMILES string of the molecule is Cc1ncc(C(=O)Nc2cccc(C(=O)N3CCCCC3C(=O)O)c2)[nH]1. The average Bonchev–Trinajstić information content (AvgIpc) is 3.08. The van der Waals surface area contributed by atoms with Crippen LogP contribution in [0.15, 0.2) is 30.5 Å². The number of carboxylic acid groups (broad SMARTS) is 1. The minimum absolute atomic E-state index is 0.321. The standard InChI is InChI=1S/C18H20N4O4/c1-11-19-10-14(20-11)16(23)21-13-6-4-5-12(9-13)17(24)22-8-3-2-7-15(22)18(25)26/h4-6,9-10,15H,2-3,7-8H2,1H3,(H,19,20)(H,21,23)(H,25,26). The van der Waals surface area contributed by atoms with E-state index in [4.69, 9.17) is 0 Å². The number of aliphatic carboxylic acids is 1. The van der Waals surface area contributed by atoms with Crippen LogP contribution in [0.5, 0.6) is 0 Å². The number of aryl methyl sites for hydroxylation is 1. The number of carboxylic acids is 1. The van der Waals surface area contributed by atoms with Gasteiger partial charge in [-0.3, -0.25) is 9.59 Å². The summed E-state index contributed by atoms with van der Waals surface area (Å²) in [5.41, 5.74) is 1.12. The number of aromatic nitrogens is 2. The van der Waals surface area contributed by atoms with Crippen molar-refractivity contribution in [3.63, 3.8) is 0 Å². The van der Waals surface area contributed by atoms with Crippen molar-refractivity contribution in [2.45, 2.75) is 32.2 Å². The number of carbonyl (C=O) groups is 3. The van der Waals surface area contributed by atoms with E-state index in [1.54, 1.807) is 31.2 Å². The van der Waals surface area contributed by atoms with E-state index in [2.05, 4.69) is 15.3 Å². The fourth-order valence-electron chi connectivity index (χ4n) is 3.06. The fraction of sp³-hybridized carbons (Fsp3) is 0.333. The number of aromatic amines is 1. The lowest BCUT2D eigenvalue weighted by Gasteiger charge is -2.33. The number of nitrogens with zero attached hydrogens (tertiary/aromatic N) is 2. The first-order valence-electron chi connectivity index (χ1n) is 8.42. The van der Waals surface area contributed by atoms with E-state index >= 15 is 0 Å². The van der Waals surface area contributed by atoms with E-state index in [9.17, 15) is 19.5 Å². The second-order valence-electron chi connectivity index (χ2n) is 6.27. The Morgan fingerprint density at radius 1 is 1.31 bits per heavy atom. The largest absolute Gasteiger partial charge is 0.480 e. The molecule has 1 saturated heterocycles. The predicted octanol–water partition coefficient (Wildman–Crippen LogP) is 2.05. The lowest BCUT2D eigenvalue weighted by atomic mass is 10.0. The Kier molecular flexibility index (Phi) is 5.01. The van der Waals surface area contributed by atoms with Crippen molar-refractivity contribution in [3.05, 3.63) is 47.5 Å². The van der Waals surface area contributed by atoms with Crippen LogP contribution in [0.25, 0.3) is 0 Å². The van der Waals surface area contributed by atoms with Crippen molar-refractivity contribution in [1.29, 1.82) is 0 Å². The number of H-pyrrole nitrogens is 1. The van der Waals surface area contributed by atoms with E-state index in [0.717, 1.165) is 12.8 Å². The Labute approximate surface area is 150 Å². The van der Waals surface area contributed by atoms with Crippen LogP contribution in [-0.2, 0) is 4.79 Å². The molecule has 1 aromatic heterocycles. The van der Waals surface area contributed by atoms with Crippen molar-refractivity contribution in [2.75, 3.05) is 11.9 Å². The molecule has 1 atom stereocenters. The van der Waals surface area contributed by atoms with E-state index in [1.165, 1.54) is 11.1 Å². The third-order valence-corrected chi connectivity index (χ3v) is 4.36. The molecule has 0 saturated carbocycles. The van der Waals surface area contributed by atoms with Gasteiger partial charge < -0.3 is 20.3 Å². The molecule has 2 amide bonds. The van der Waals surface area contributed by atoms with Gasteiger partial charge in [0, 0.05) is 17.8 Å². The summed E-state index contributed by atoms with van der Waals surface area (Å²) in [4.78, 5) is 44.6. The van der Waals surface area contributed by atoms with Gasteiger partial charge in [0.2, 0.25) is 0 Å². The number of likely N-dealkylation sites (tertiary alicyclic amines) is 1. The molecule has 0 radical (unpaired) electrons. The van der Waals surface area contributed by atoms with Gasteiger partial charge in [-0.2, -0.15) is 0 Å². The van der Waals surface area contributed by atoms with Gasteiger partial charge in [-0.25, -0.2) is 9.78 Å². The van der Waals surface area contributed by atoms with Crippen molar-refractivity contribution < 1.29 is 19.5 Å². The van der Waals surface area contributed by atoms with Crippen molar-refractivity contribution >= 4 is 23.5 Å². The molecule has 0 spiro atoms. The number of imidazole rings is 1. The highest BCUT2D eigenvalue weighted by atomic mass is 16.4. The van der Waals surface area contributed by atoms with Gasteiger partial charge in [-0.15, -0.1) is 0 Å². The molecule has 1 unspecified atom stereocenters. The zero-order chi connectivity index (χ0) is 18.7. The Hall–Kier alpha value is -3.16. The lowest BCUT2D eigenvalue weighted by Crippen LogP contribution is -2.48. The summed E-state index contributed by atoms with van der Waals surface area (Å²) in [6.45, 7) is 2.16. The number of nitrogens with one attached hydrogen (secondary N) is 2. The van der Waals surface area contributed by atoms with Crippen molar-refractivity contribution in [3.8, 4) is 0 Å². The second-order valence-corrected chi connectivity index (χ2v) is 6.27. The monoisotopic (exact) mass is 356 g/mol. The lowest BCUT2D eigenvalue weighted by molar-refractivity contribution is -0.143. The highest BCUT2D eigenvalue weighted by Crippen LogP contribution is 2.21. The summed E-state index contributed by atoms with van der Waals surface area (Å²) < 4.78 is 0. The first-order chi connectivity index (χ1) is 12.5. The molecule has 1 aromatic carbocycles. The average molecular weight is 356 g/mol. The van der Waals surface area contributed by atoms with Gasteiger partial charge in [0.1, 0.15) is 17.6 Å². The number of hydrogen-bond donors (Lipinski definition) is 3. The van der Waals surface area contributed by atoms with Crippen LogP contribution >= 0.6 is 0 Å². The number of benzene rings is 1. The normalized spacial score (nSPS) is 17.0. The molecule has 136 valence electrons. The van der Waals surface area contributed by atoms with Crippen LogP contribution in [0.1, 0.15) is 45.9 Å². The van der Waals surface area contributed by atoms with Gasteiger partial charge in [0.05, 0.1) is 6.20 Å². The van der Waals surface area contributed by atoms with E-state index < -0.39 is 12.0 Å². The molecular formula is C18H20N4O4.